The van der Waals surface area contributed by atoms with E-state index in [1.54, 1.807) is 0 Å². The Morgan fingerprint density at radius 2 is 1.55 bits per heavy atom. The Kier molecular flexibility index (Phi) is 6.49. The smallest absolute Gasteiger partial charge is 0.340 e. The number of methoxy groups -OCH3 is 4. The van der Waals surface area contributed by atoms with Gasteiger partial charge < -0.3 is 18.9 Å². The van der Waals surface area contributed by atoms with Crippen LogP contribution in [0, 0.1) is 10.1 Å². The van der Waals surface area contributed by atoms with Crippen LogP contribution in [0.1, 0.15) is 10.4 Å². The molecule has 1 N–H and O–H groups in total. The van der Waals surface area contributed by atoms with Gasteiger partial charge >= 0.3 is 5.97 Å². The first-order valence-electron chi connectivity index (χ1n) is 7.88. The molecule has 12 heteroatoms. The van der Waals surface area contributed by atoms with Gasteiger partial charge in [0.05, 0.1) is 44.6 Å². The highest BCUT2D eigenvalue weighted by molar-refractivity contribution is 7.92. The molecule has 156 valence electrons. The van der Waals surface area contributed by atoms with Crippen molar-refractivity contribution in [3.8, 4) is 17.2 Å². The summed E-state index contributed by atoms with van der Waals surface area (Å²) in [4.78, 5) is 21.9. The number of nitrogens with one attached hydrogen (secondary N) is 1. The van der Waals surface area contributed by atoms with E-state index in [1.165, 1.54) is 33.5 Å². The zero-order chi connectivity index (χ0) is 21.8. The second-order valence-electron chi connectivity index (χ2n) is 5.44. The first kappa shape index (κ1) is 21.8. The minimum atomic E-state index is -4.40. The third kappa shape index (κ3) is 4.48. The van der Waals surface area contributed by atoms with E-state index >= 15 is 0 Å². The molecule has 0 saturated carbocycles. The maximum absolute atomic E-state index is 12.9. The van der Waals surface area contributed by atoms with Crippen LogP contribution in [0.15, 0.2) is 35.2 Å². The molecule has 11 nitrogen and oxygen atoms in total. The first-order valence-corrected chi connectivity index (χ1v) is 9.36. The molecule has 0 radical (unpaired) electrons. The summed E-state index contributed by atoms with van der Waals surface area (Å²) in [7, 11) is 0.615. The van der Waals surface area contributed by atoms with Crippen LogP contribution in [-0.2, 0) is 14.8 Å². The van der Waals surface area contributed by atoms with Gasteiger partial charge in [-0.25, -0.2) is 13.2 Å². The molecular weight excluding hydrogens is 408 g/mol. The molecule has 0 amide bonds. The molecule has 29 heavy (non-hydrogen) atoms. The van der Waals surface area contributed by atoms with Crippen LogP contribution in [0.4, 0.5) is 11.4 Å². The number of hydrogen-bond acceptors (Lipinski definition) is 9. The van der Waals surface area contributed by atoms with Crippen molar-refractivity contribution in [1.29, 1.82) is 0 Å². The Balaban J connectivity index is 2.64. The third-order valence-corrected chi connectivity index (χ3v) is 5.21. The minimum Gasteiger partial charge on any atom is -0.495 e. The van der Waals surface area contributed by atoms with Gasteiger partial charge in [-0.15, -0.1) is 0 Å². The van der Waals surface area contributed by atoms with E-state index in [9.17, 15) is 23.3 Å². The molecule has 0 heterocycles. The summed E-state index contributed by atoms with van der Waals surface area (Å²) in [5.74, 6) is -0.648. The van der Waals surface area contributed by atoms with Crippen LogP contribution in [0.5, 0.6) is 17.2 Å². The van der Waals surface area contributed by atoms with Gasteiger partial charge in [-0.2, -0.15) is 0 Å². The van der Waals surface area contributed by atoms with Crippen LogP contribution in [0.2, 0.25) is 0 Å². The molecule has 2 aromatic rings. The van der Waals surface area contributed by atoms with Gasteiger partial charge in [0.1, 0.15) is 10.6 Å². The Morgan fingerprint density at radius 1 is 0.966 bits per heavy atom. The molecule has 0 unspecified atom stereocenters. The Labute approximate surface area is 166 Å². The van der Waals surface area contributed by atoms with Crippen LogP contribution in [0.3, 0.4) is 0 Å². The van der Waals surface area contributed by atoms with E-state index < -0.39 is 31.5 Å². The van der Waals surface area contributed by atoms with Crippen molar-refractivity contribution < 1.29 is 37.1 Å². The predicted molar refractivity (Wildman–Crippen MR) is 101 cm³/mol. The van der Waals surface area contributed by atoms with E-state index in [4.69, 9.17) is 14.2 Å². The van der Waals surface area contributed by atoms with Gasteiger partial charge in [0.2, 0.25) is 0 Å². The van der Waals surface area contributed by atoms with Crippen molar-refractivity contribution in [2.24, 2.45) is 0 Å². The van der Waals surface area contributed by atoms with Gasteiger partial charge in [0.25, 0.3) is 15.7 Å². The molecule has 0 spiro atoms. The fourth-order valence-electron chi connectivity index (χ4n) is 2.43. The number of nitrogens with zero attached hydrogens (tertiary/aromatic N) is 1. The van der Waals surface area contributed by atoms with Gasteiger partial charge in [-0.1, -0.05) is 0 Å². The summed E-state index contributed by atoms with van der Waals surface area (Å²) in [5.41, 5.74) is -0.784. The Hall–Kier alpha value is -3.54. The predicted octanol–water partition coefficient (Wildman–Crippen LogP) is 2.21. The van der Waals surface area contributed by atoms with Crippen molar-refractivity contribution in [3.05, 3.63) is 46.0 Å². The number of rotatable bonds is 8. The molecule has 2 aromatic carbocycles. The maximum Gasteiger partial charge on any atom is 0.340 e. The van der Waals surface area contributed by atoms with Crippen molar-refractivity contribution in [2.45, 2.75) is 4.90 Å². The number of sulfonamides is 1. The second-order valence-corrected chi connectivity index (χ2v) is 7.09. The molecule has 0 atom stereocenters. The normalized spacial score (nSPS) is 10.8. The highest BCUT2D eigenvalue weighted by Crippen LogP contribution is 2.36. The number of non-ortho nitro benzene ring substituents is 1. The number of esters is 1. The van der Waals surface area contributed by atoms with E-state index in [2.05, 4.69) is 9.46 Å². The summed E-state index contributed by atoms with van der Waals surface area (Å²) in [6.07, 6.45) is 0. The minimum absolute atomic E-state index is 0.122. The number of carbonyl (C=O) groups is 1. The lowest BCUT2D eigenvalue weighted by Gasteiger charge is -2.16. The van der Waals surface area contributed by atoms with Crippen LogP contribution in [0.25, 0.3) is 0 Å². The van der Waals surface area contributed by atoms with Crippen molar-refractivity contribution in [3.63, 3.8) is 0 Å². The number of carbonyl (C=O) groups excluding carboxylic acids is 1. The van der Waals surface area contributed by atoms with Crippen molar-refractivity contribution >= 4 is 27.4 Å². The SMILES string of the molecule is COC(=O)c1cc(OC)c(OC)cc1NS(=O)(=O)c1cc([N+](=O)[O-])ccc1OC. The Bertz CT molecular complexity index is 1050. The largest absolute Gasteiger partial charge is 0.495 e. The zero-order valence-electron chi connectivity index (χ0n) is 15.9. The standard InChI is InChI=1S/C17H18N2O9S/c1-25-13-6-5-10(19(21)22)7-16(13)29(23,24)18-12-9-15(27-3)14(26-2)8-11(12)17(20)28-4/h5-9,18H,1-4H3. The van der Waals surface area contributed by atoms with Gasteiger partial charge in [0.15, 0.2) is 11.5 Å². The molecule has 0 aliphatic carbocycles. The van der Waals surface area contributed by atoms with E-state index in [0.29, 0.717) is 0 Å². The third-order valence-electron chi connectivity index (χ3n) is 3.82. The molecule has 0 fully saturated rings. The molecular formula is C17H18N2O9S. The zero-order valence-corrected chi connectivity index (χ0v) is 16.7. The van der Waals surface area contributed by atoms with E-state index in [1.807, 2.05) is 0 Å². The lowest BCUT2D eigenvalue weighted by molar-refractivity contribution is -0.385. The topological polar surface area (TPSA) is 143 Å². The maximum atomic E-state index is 12.9. The van der Waals surface area contributed by atoms with Crippen molar-refractivity contribution in [2.75, 3.05) is 33.2 Å². The number of benzene rings is 2. The second kappa shape index (κ2) is 8.65. The summed E-state index contributed by atoms with van der Waals surface area (Å²) in [6.45, 7) is 0. The summed E-state index contributed by atoms with van der Waals surface area (Å²) >= 11 is 0. The van der Waals surface area contributed by atoms with Gasteiger partial charge in [-0.05, 0) is 6.07 Å². The van der Waals surface area contributed by atoms with Crippen LogP contribution >= 0.6 is 0 Å². The number of hydrogen-bond donors (Lipinski definition) is 1. The van der Waals surface area contributed by atoms with Gasteiger partial charge in [-0.3, -0.25) is 14.8 Å². The van der Waals surface area contributed by atoms with Crippen LogP contribution < -0.4 is 18.9 Å². The Morgan fingerprint density at radius 3 is 2.07 bits per heavy atom. The fourth-order valence-corrected chi connectivity index (χ4v) is 3.69. The number of nitro groups is 1. The quantitative estimate of drug-likeness (QED) is 0.381. The average molecular weight is 426 g/mol. The molecule has 0 bridgehead atoms. The number of nitro benzene ring substituents is 1. The summed E-state index contributed by atoms with van der Waals surface area (Å²) in [6, 6.07) is 5.58. The molecule has 2 rings (SSSR count). The first-order chi connectivity index (χ1) is 13.7. The van der Waals surface area contributed by atoms with E-state index in [-0.39, 0.29) is 28.5 Å². The van der Waals surface area contributed by atoms with Crippen LogP contribution in [-0.4, -0.2) is 47.7 Å². The lowest BCUT2D eigenvalue weighted by atomic mass is 10.1. The summed E-state index contributed by atoms with van der Waals surface area (Å²) < 4.78 is 48.0. The highest BCUT2D eigenvalue weighted by Gasteiger charge is 2.26. The molecule has 0 aliphatic rings. The summed E-state index contributed by atoms with van der Waals surface area (Å²) in [5, 5.41) is 11.0. The fraction of sp³-hybridized carbons (Fsp3) is 0.235. The molecule has 0 saturated heterocycles. The average Bonchev–Trinajstić information content (AvgIpc) is 2.71. The van der Waals surface area contributed by atoms with Crippen molar-refractivity contribution in [1.82, 2.24) is 0 Å². The molecule has 0 aromatic heterocycles. The van der Waals surface area contributed by atoms with E-state index in [0.717, 1.165) is 25.3 Å². The van der Waals surface area contributed by atoms with Gasteiger partial charge in [0, 0.05) is 24.3 Å². The number of anilines is 1. The lowest BCUT2D eigenvalue weighted by Crippen LogP contribution is -2.17. The number of ether oxygens (including phenoxy) is 4. The highest BCUT2D eigenvalue weighted by atomic mass is 32.2. The monoisotopic (exact) mass is 426 g/mol. The molecule has 0 aliphatic heterocycles.